The minimum Gasteiger partial charge on any atom is -0.382 e. The highest BCUT2D eigenvalue weighted by Gasteiger charge is 2.19. The molecule has 24 heavy (non-hydrogen) atoms. The summed E-state index contributed by atoms with van der Waals surface area (Å²) < 4.78 is 16.3. The average molecular weight is 325 g/mol. The molecule has 0 bridgehead atoms. The Morgan fingerprint density at radius 1 is 1.38 bits per heavy atom. The first-order valence-corrected chi connectivity index (χ1v) is 7.37. The molecule has 0 saturated carbocycles. The van der Waals surface area contributed by atoms with Crippen LogP contribution in [0.25, 0.3) is 11.0 Å². The summed E-state index contributed by atoms with van der Waals surface area (Å²) in [6, 6.07) is 5.24. The highest BCUT2D eigenvalue weighted by atomic mass is 19.1. The van der Waals surface area contributed by atoms with E-state index in [0.717, 1.165) is 5.52 Å². The minimum atomic E-state index is -0.709. The van der Waals surface area contributed by atoms with Crippen LogP contribution in [0.1, 0.15) is 18.2 Å². The standard InChI is InChI=1S/C16H16FN7/c1-4-9-5-10(7-18)21-15(17)14(9)24(3)12-6-11-13(16(19)22-12)20-8-23(11)2/h5-6,8H,4H2,1-3H3,(H2,19,22). The van der Waals surface area contributed by atoms with Gasteiger partial charge in [0, 0.05) is 20.2 Å². The van der Waals surface area contributed by atoms with E-state index in [0.29, 0.717) is 23.3 Å². The number of anilines is 3. The molecule has 0 aromatic carbocycles. The van der Waals surface area contributed by atoms with Crippen LogP contribution in [0, 0.1) is 17.3 Å². The first-order valence-electron chi connectivity index (χ1n) is 7.37. The molecule has 0 spiro atoms. The molecular formula is C16H16FN7. The molecule has 0 amide bonds. The molecule has 0 aliphatic carbocycles. The molecule has 0 aliphatic rings. The second-order valence-electron chi connectivity index (χ2n) is 5.42. The van der Waals surface area contributed by atoms with Gasteiger partial charge in [-0.3, -0.25) is 0 Å². The summed E-state index contributed by atoms with van der Waals surface area (Å²) in [4.78, 5) is 13.8. The molecule has 0 unspecified atom stereocenters. The van der Waals surface area contributed by atoms with E-state index in [-0.39, 0.29) is 17.2 Å². The quantitative estimate of drug-likeness (QED) is 0.742. The van der Waals surface area contributed by atoms with Crippen LogP contribution in [0.15, 0.2) is 18.5 Å². The van der Waals surface area contributed by atoms with Crippen molar-refractivity contribution in [3.05, 3.63) is 35.7 Å². The Balaban J connectivity index is 2.18. The van der Waals surface area contributed by atoms with Gasteiger partial charge >= 0.3 is 0 Å². The number of hydrogen-bond acceptors (Lipinski definition) is 6. The Morgan fingerprint density at radius 2 is 2.12 bits per heavy atom. The molecule has 122 valence electrons. The van der Waals surface area contributed by atoms with Crippen molar-refractivity contribution in [2.24, 2.45) is 7.05 Å². The third-order valence-corrected chi connectivity index (χ3v) is 3.93. The molecule has 0 aliphatic heterocycles. The summed E-state index contributed by atoms with van der Waals surface area (Å²) in [5.41, 5.74) is 8.38. The molecule has 3 rings (SSSR count). The van der Waals surface area contributed by atoms with Crippen molar-refractivity contribution in [3.63, 3.8) is 0 Å². The summed E-state index contributed by atoms with van der Waals surface area (Å²) >= 11 is 0. The smallest absolute Gasteiger partial charge is 0.238 e. The third kappa shape index (κ3) is 2.40. The van der Waals surface area contributed by atoms with Crippen LogP contribution in [0.5, 0.6) is 0 Å². The summed E-state index contributed by atoms with van der Waals surface area (Å²) in [6.45, 7) is 1.89. The molecule has 0 fully saturated rings. The fourth-order valence-corrected chi connectivity index (χ4v) is 2.66. The topological polar surface area (TPSA) is 96.7 Å². The predicted octanol–water partition coefficient (Wildman–Crippen LogP) is 2.29. The van der Waals surface area contributed by atoms with Crippen molar-refractivity contribution in [2.75, 3.05) is 17.7 Å². The average Bonchev–Trinajstić information content (AvgIpc) is 2.95. The van der Waals surface area contributed by atoms with Crippen molar-refractivity contribution in [1.82, 2.24) is 19.5 Å². The summed E-state index contributed by atoms with van der Waals surface area (Å²) in [5.74, 6) is 0.0394. The van der Waals surface area contributed by atoms with Gasteiger partial charge in [0.25, 0.3) is 0 Å². The summed E-state index contributed by atoms with van der Waals surface area (Å²) in [7, 11) is 3.54. The largest absolute Gasteiger partial charge is 0.382 e. The van der Waals surface area contributed by atoms with Crippen molar-refractivity contribution in [1.29, 1.82) is 5.26 Å². The van der Waals surface area contributed by atoms with Crippen LogP contribution in [-0.4, -0.2) is 26.6 Å². The van der Waals surface area contributed by atoms with Gasteiger partial charge in [0.2, 0.25) is 5.95 Å². The first-order chi connectivity index (χ1) is 11.5. The number of nitrogen functional groups attached to an aromatic ring is 1. The number of hydrogen-bond donors (Lipinski definition) is 1. The second-order valence-corrected chi connectivity index (χ2v) is 5.42. The van der Waals surface area contributed by atoms with Crippen molar-refractivity contribution in [3.8, 4) is 6.07 Å². The number of imidazole rings is 1. The number of fused-ring (bicyclic) bond motifs is 1. The molecule has 3 aromatic heterocycles. The lowest BCUT2D eigenvalue weighted by Gasteiger charge is -2.22. The van der Waals surface area contributed by atoms with Crippen LogP contribution in [0.3, 0.4) is 0 Å². The minimum absolute atomic E-state index is 0.0519. The number of aromatic nitrogens is 4. The molecule has 0 atom stereocenters. The van der Waals surface area contributed by atoms with Crippen LogP contribution < -0.4 is 10.6 Å². The molecule has 8 heteroatoms. The number of pyridine rings is 2. The summed E-state index contributed by atoms with van der Waals surface area (Å²) in [5, 5.41) is 8.96. The van der Waals surface area contributed by atoms with Gasteiger partial charge in [-0.25, -0.2) is 15.0 Å². The highest BCUT2D eigenvalue weighted by molar-refractivity contribution is 5.88. The highest BCUT2D eigenvalue weighted by Crippen LogP contribution is 2.31. The van der Waals surface area contributed by atoms with E-state index in [4.69, 9.17) is 11.0 Å². The molecule has 3 aromatic rings. The fraction of sp³-hybridized carbons (Fsp3) is 0.250. The van der Waals surface area contributed by atoms with Gasteiger partial charge in [-0.1, -0.05) is 6.92 Å². The number of halogens is 1. The van der Waals surface area contributed by atoms with E-state index in [2.05, 4.69) is 15.0 Å². The van der Waals surface area contributed by atoms with Gasteiger partial charge in [-0.2, -0.15) is 9.65 Å². The van der Waals surface area contributed by atoms with E-state index in [1.54, 1.807) is 30.4 Å². The molecule has 3 heterocycles. The Hall–Kier alpha value is -3.21. The Morgan fingerprint density at radius 3 is 2.79 bits per heavy atom. The van der Waals surface area contributed by atoms with Gasteiger partial charge in [0.1, 0.15) is 28.8 Å². The van der Waals surface area contributed by atoms with Gasteiger partial charge in [-0.15, -0.1) is 0 Å². The zero-order valence-electron chi connectivity index (χ0n) is 13.6. The molecule has 0 radical (unpaired) electrons. The fourth-order valence-electron chi connectivity index (χ4n) is 2.66. The zero-order valence-corrected chi connectivity index (χ0v) is 13.6. The molecule has 7 nitrogen and oxygen atoms in total. The second kappa shape index (κ2) is 5.77. The maximum atomic E-state index is 14.5. The van der Waals surface area contributed by atoms with Gasteiger partial charge < -0.3 is 15.2 Å². The van der Waals surface area contributed by atoms with Crippen LogP contribution in [0.2, 0.25) is 0 Å². The van der Waals surface area contributed by atoms with Crippen LogP contribution >= 0.6 is 0 Å². The van der Waals surface area contributed by atoms with Crippen LogP contribution in [0.4, 0.5) is 21.7 Å². The van der Waals surface area contributed by atoms with E-state index < -0.39 is 5.95 Å². The monoisotopic (exact) mass is 325 g/mol. The third-order valence-electron chi connectivity index (χ3n) is 3.93. The number of aryl methyl sites for hydroxylation is 2. The zero-order chi connectivity index (χ0) is 17.4. The lowest BCUT2D eigenvalue weighted by Crippen LogP contribution is -2.17. The Labute approximate surface area is 138 Å². The number of nitrogens with zero attached hydrogens (tertiary/aromatic N) is 6. The van der Waals surface area contributed by atoms with Crippen molar-refractivity contribution < 1.29 is 4.39 Å². The molecular weight excluding hydrogens is 309 g/mol. The Kier molecular flexibility index (Phi) is 3.77. The number of rotatable bonds is 3. The molecule has 2 N–H and O–H groups in total. The predicted molar refractivity (Wildman–Crippen MR) is 89.3 cm³/mol. The van der Waals surface area contributed by atoms with E-state index in [1.165, 1.54) is 0 Å². The maximum Gasteiger partial charge on any atom is 0.238 e. The van der Waals surface area contributed by atoms with E-state index >= 15 is 0 Å². The number of nitrogens with two attached hydrogens (primary N) is 1. The normalized spacial score (nSPS) is 10.8. The Bertz CT molecular complexity index is 971. The van der Waals surface area contributed by atoms with E-state index in [9.17, 15) is 4.39 Å². The van der Waals surface area contributed by atoms with Gasteiger partial charge in [-0.05, 0) is 18.1 Å². The lowest BCUT2D eigenvalue weighted by molar-refractivity contribution is 0.580. The summed E-state index contributed by atoms with van der Waals surface area (Å²) in [6.07, 6.45) is 2.20. The SMILES string of the molecule is CCc1cc(C#N)nc(F)c1N(C)c1cc2c(ncn2C)c(N)n1. The maximum absolute atomic E-state index is 14.5. The van der Waals surface area contributed by atoms with Gasteiger partial charge in [0.05, 0.1) is 11.8 Å². The van der Waals surface area contributed by atoms with Gasteiger partial charge in [0.15, 0.2) is 5.82 Å². The first kappa shape index (κ1) is 15.7. The van der Waals surface area contributed by atoms with Crippen LogP contribution in [-0.2, 0) is 13.5 Å². The van der Waals surface area contributed by atoms with Crippen molar-refractivity contribution >= 4 is 28.4 Å². The van der Waals surface area contributed by atoms with E-state index in [1.807, 2.05) is 24.6 Å². The van der Waals surface area contributed by atoms with Crippen molar-refractivity contribution in [2.45, 2.75) is 13.3 Å². The molecule has 0 saturated heterocycles. The lowest BCUT2D eigenvalue weighted by atomic mass is 10.1. The number of nitriles is 1.